The van der Waals surface area contributed by atoms with Crippen molar-refractivity contribution in [2.75, 3.05) is 26.1 Å². The Morgan fingerprint density at radius 1 is 1.03 bits per heavy atom. The Morgan fingerprint density at radius 3 is 2.29 bits per heavy atom. The Hall–Kier alpha value is -3.50. The van der Waals surface area contributed by atoms with E-state index in [4.69, 9.17) is 4.74 Å². The molecule has 2 aromatic carbocycles. The Labute approximate surface area is 184 Å². The number of allylic oxidation sites excluding steroid dienone is 5. The van der Waals surface area contributed by atoms with Gasteiger partial charge >= 0.3 is 0 Å². The van der Waals surface area contributed by atoms with E-state index in [1.165, 1.54) is 0 Å². The summed E-state index contributed by atoms with van der Waals surface area (Å²) >= 11 is 0. The van der Waals surface area contributed by atoms with Crippen LogP contribution in [-0.4, -0.2) is 37.5 Å². The molecule has 0 fully saturated rings. The maximum absolute atomic E-state index is 10.7. The molecule has 2 aliphatic carbocycles. The molecular weight excluding hydrogens is 386 g/mol. The van der Waals surface area contributed by atoms with Crippen molar-refractivity contribution in [2.45, 2.75) is 12.0 Å². The molecule has 0 saturated carbocycles. The molecule has 4 nitrogen and oxygen atoms in total. The first-order valence-electron chi connectivity index (χ1n) is 10.3. The summed E-state index contributed by atoms with van der Waals surface area (Å²) in [6, 6.07) is 15.8. The monoisotopic (exact) mass is 413 g/mol. The van der Waals surface area contributed by atoms with E-state index in [1.54, 1.807) is 7.11 Å². The van der Waals surface area contributed by atoms with Gasteiger partial charge in [0.1, 0.15) is 17.4 Å². The highest BCUT2D eigenvalue weighted by atomic mass is 16.5. The van der Waals surface area contributed by atoms with Gasteiger partial charge in [0, 0.05) is 37.5 Å². The molecular formula is C27H27NO3+2. The summed E-state index contributed by atoms with van der Waals surface area (Å²) in [5.74, 6) is 0.691. The van der Waals surface area contributed by atoms with Crippen LogP contribution in [0.5, 0.6) is 0 Å². The van der Waals surface area contributed by atoms with E-state index in [-0.39, 0.29) is 11.7 Å². The molecule has 2 aliphatic rings. The summed E-state index contributed by atoms with van der Waals surface area (Å²) < 4.78 is 5.18. The van der Waals surface area contributed by atoms with E-state index in [0.717, 1.165) is 33.7 Å². The van der Waals surface area contributed by atoms with Crippen LogP contribution in [0, 0.1) is 12.8 Å². The maximum Gasteiger partial charge on any atom is 0.200 e. The van der Waals surface area contributed by atoms with E-state index in [9.17, 15) is 10.2 Å². The van der Waals surface area contributed by atoms with Crippen LogP contribution in [0.4, 0.5) is 5.69 Å². The average molecular weight is 414 g/mol. The average Bonchev–Trinajstić information content (AvgIpc) is 2.79. The van der Waals surface area contributed by atoms with Crippen molar-refractivity contribution in [1.29, 1.82) is 0 Å². The van der Waals surface area contributed by atoms with Crippen molar-refractivity contribution in [3.63, 3.8) is 0 Å². The Kier molecular flexibility index (Phi) is 5.83. The minimum atomic E-state index is -0.717. The topological polar surface area (TPSA) is 52.9 Å². The van der Waals surface area contributed by atoms with Crippen LogP contribution in [0.25, 0.3) is 5.57 Å². The maximum atomic E-state index is 10.7. The number of nitrogens with zero attached hydrogens (tertiary/aromatic N) is 1. The number of hydrogen-bond acceptors (Lipinski definition) is 4. The van der Waals surface area contributed by atoms with Gasteiger partial charge in [-0.05, 0) is 35.4 Å². The molecule has 156 valence electrons. The lowest BCUT2D eigenvalue weighted by Crippen LogP contribution is -2.33. The fourth-order valence-electron chi connectivity index (χ4n) is 3.86. The molecule has 0 bridgehead atoms. The predicted octanol–water partition coefficient (Wildman–Crippen LogP) is 4.96. The molecule has 2 unspecified atom stereocenters. The van der Waals surface area contributed by atoms with Gasteiger partial charge in [-0.25, -0.2) is 0 Å². The van der Waals surface area contributed by atoms with Crippen molar-refractivity contribution in [1.82, 2.24) is 0 Å². The molecule has 0 radical (unpaired) electrons. The summed E-state index contributed by atoms with van der Waals surface area (Å²) in [4.78, 5) is 2.02. The number of methoxy groups -OCH3 is 1. The highest BCUT2D eigenvalue weighted by molar-refractivity contribution is 5.80. The van der Waals surface area contributed by atoms with Crippen LogP contribution in [0.1, 0.15) is 22.6 Å². The van der Waals surface area contributed by atoms with Crippen molar-refractivity contribution in [2.24, 2.45) is 0 Å². The fourth-order valence-corrected chi connectivity index (χ4v) is 3.86. The first-order valence-corrected chi connectivity index (χ1v) is 10.3. The normalized spacial score (nSPS) is 21.3. The predicted molar refractivity (Wildman–Crippen MR) is 126 cm³/mol. The SMILES string of the molecule is COC1=C[CH+]C(=C[CH+]c2ccc(C3C(O)=C(c4ccc(N(C)C)cc4)C3O)cc2)C=C1. The van der Waals surface area contributed by atoms with Crippen molar-refractivity contribution >= 4 is 11.3 Å². The van der Waals surface area contributed by atoms with Gasteiger partial charge in [0.2, 0.25) is 0 Å². The standard InChI is InChI=1S/C27H26NO3/c1-28(2)22-14-12-21(13-15-22)25-26(29)24(27(25)30)20-10-6-18(7-11-20)4-5-19-8-16-23(31-3)17-9-19/h4-17,24,26,29H,1-3H3/q+1/p+1. The molecule has 0 saturated heterocycles. The number of aliphatic hydroxyl groups is 2. The number of ether oxygens (including phenoxy) is 1. The Morgan fingerprint density at radius 2 is 1.74 bits per heavy atom. The third-order valence-corrected chi connectivity index (χ3v) is 5.76. The molecule has 2 atom stereocenters. The second-order valence-electron chi connectivity index (χ2n) is 7.94. The van der Waals surface area contributed by atoms with Crippen LogP contribution in [0.15, 0.2) is 89.9 Å². The molecule has 4 heteroatoms. The molecule has 2 aromatic rings. The first kappa shape index (κ1) is 20.8. The summed E-state index contributed by atoms with van der Waals surface area (Å²) in [5.41, 5.74) is 5.58. The van der Waals surface area contributed by atoms with Gasteiger partial charge in [0.25, 0.3) is 0 Å². The van der Waals surface area contributed by atoms with E-state index in [1.807, 2.05) is 105 Å². The lowest BCUT2D eigenvalue weighted by atomic mass is 9.73. The van der Waals surface area contributed by atoms with Crippen LogP contribution in [0.2, 0.25) is 0 Å². The smallest absolute Gasteiger partial charge is 0.200 e. The largest absolute Gasteiger partial charge is 0.511 e. The summed E-state index contributed by atoms with van der Waals surface area (Å²) in [7, 11) is 5.62. The molecule has 0 aromatic heterocycles. The van der Waals surface area contributed by atoms with Crippen LogP contribution < -0.4 is 4.90 Å². The number of benzene rings is 2. The van der Waals surface area contributed by atoms with E-state index >= 15 is 0 Å². The van der Waals surface area contributed by atoms with Crippen LogP contribution in [-0.2, 0) is 4.74 Å². The van der Waals surface area contributed by atoms with Crippen molar-refractivity contribution < 1.29 is 14.9 Å². The van der Waals surface area contributed by atoms with Crippen molar-refractivity contribution in [3.8, 4) is 0 Å². The highest BCUT2D eigenvalue weighted by Crippen LogP contribution is 2.46. The first-order chi connectivity index (χ1) is 15.0. The second kappa shape index (κ2) is 8.70. The summed E-state index contributed by atoms with van der Waals surface area (Å²) in [6.07, 6.45) is 11.2. The molecule has 0 heterocycles. The van der Waals surface area contributed by atoms with Gasteiger partial charge in [0.15, 0.2) is 11.3 Å². The number of rotatable bonds is 6. The zero-order valence-electron chi connectivity index (χ0n) is 18.0. The van der Waals surface area contributed by atoms with Gasteiger partial charge < -0.3 is 19.8 Å². The van der Waals surface area contributed by atoms with E-state index in [0.29, 0.717) is 5.57 Å². The van der Waals surface area contributed by atoms with E-state index < -0.39 is 6.10 Å². The third kappa shape index (κ3) is 4.21. The molecule has 31 heavy (non-hydrogen) atoms. The third-order valence-electron chi connectivity index (χ3n) is 5.76. The minimum Gasteiger partial charge on any atom is -0.511 e. The zero-order valence-corrected chi connectivity index (χ0v) is 18.0. The van der Waals surface area contributed by atoms with Gasteiger partial charge in [-0.15, -0.1) is 0 Å². The lowest BCUT2D eigenvalue weighted by Gasteiger charge is -2.35. The van der Waals surface area contributed by atoms with Crippen molar-refractivity contribution in [3.05, 3.63) is 119 Å². The quantitative estimate of drug-likeness (QED) is 0.657. The molecule has 0 spiro atoms. The van der Waals surface area contributed by atoms with Crippen LogP contribution in [0.3, 0.4) is 0 Å². The molecule has 4 rings (SSSR count). The Bertz CT molecular complexity index is 1060. The van der Waals surface area contributed by atoms with E-state index in [2.05, 4.69) is 0 Å². The lowest BCUT2D eigenvalue weighted by molar-refractivity contribution is 0.153. The summed E-state index contributed by atoms with van der Waals surface area (Å²) in [6.45, 7) is 0. The zero-order chi connectivity index (χ0) is 22.0. The minimum absolute atomic E-state index is 0.242. The second-order valence-corrected chi connectivity index (χ2v) is 7.94. The fraction of sp³-hybridized carbons (Fsp3) is 0.185. The van der Waals surface area contributed by atoms with Gasteiger partial charge in [0.05, 0.1) is 50.2 Å². The molecule has 0 aliphatic heterocycles. The summed E-state index contributed by atoms with van der Waals surface area (Å²) in [5, 5.41) is 21.4. The van der Waals surface area contributed by atoms with Crippen LogP contribution >= 0.6 is 0 Å². The highest BCUT2D eigenvalue weighted by Gasteiger charge is 2.41. The number of aliphatic hydroxyl groups excluding tert-OH is 2. The Balaban J connectivity index is 1.44. The van der Waals surface area contributed by atoms with Gasteiger partial charge in [-0.2, -0.15) is 0 Å². The number of hydrogen-bond donors (Lipinski definition) is 2. The molecule has 0 amide bonds. The van der Waals surface area contributed by atoms with Gasteiger partial charge in [-0.3, -0.25) is 0 Å². The molecule has 2 N–H and O–H groups in total. The van der Waals surface area contributed by atoms with Gasteiger partial charge in [-0.1, -0.05) is 12.1 Å². The number of anilines is 1.